The maximum Gasteiger partial charge on any atom is 0.225 e. The lowest BCUT2D eigenvalue weighted by atomic mass is 9.90. The molecule has 0 amide bonds. The number of aliphatic imine (C=N–C) groups is 1. The molecule has 3 N–H and O–H groups in total. The molecule has 0 saturated carbocycles. The fraction of sp³-hybridized carbons (Fsp3) is 0.269. The normalized spacial score (nSPS) is 16.1. The molecule has 0 aliphatic carbocycles. The van der Waals surface area contributed by atoms with Crippen LogP contribution in [-0.4, -0.2) is 68.5 Å². The largest absolute Gasteiger partial charge is 0.381 e. The minimum absolute atomic E-state index is 0.360. The molecule has 1 fully saturated rings. The second-order valence-corrected chi connectivity index (χ2v) is 9.03. The van der Waals surface area contributed by atoms with Gasteiger partial charge in [-0.3, -0.25) is 5.41 Å². The van der Waals surface area contributed by atoms with Crippen LogP contribution in [0.3, 0.4) is 0 Å². The van der Waals surface area contributed by atoms with E-state index in [4.69, 9.17) is 9.93 Å². The van der Waals surface area contributed by atoms with Crippen molar-refractivity contribution in [2.75, 3.05) is 31.1 Å². The number of hydrogen-bond donors (Lipinski definition) is 3. The summed E-state index contributed by atoms with van der Waals surface area (Å²) in [5.41, 5.74) is 2.14. The molecule has 37 heavy (non-hydrogen) atoms. The van der Waals surface area contributed by atoms with Crippen molar-refractivity contribution in [3.8, 4) is 11.3 Å². The highest BCUT2D eigenvalue weighted by Gasteiger charge is 2.28. The average Bonchev–Trinajstić information content (AvgIpc) is 3.57. The lowest BCUT2D eigenvalue weighted by Crippen LogP contribution is -2.49. The number of aromatic nitrogens is 4. The fourth-order valence-corrected chi connectivity index (χ4v) is 4.35. The van der Waals surface area contributed by atoms with Crippen LogP contribution >= 0.6 is 0 Å². The minimum atomic E-state index is -1.34. The third-order valence-corrected chi connectivity index (χ3v) is 6.50. The zero-order valence-corrected chi connectivity index (χ0v) is 20.5. The molecule has 4 heterocycles. The van der Waals surface area contributed by atoms with Crippen LogP contribution in [0.25, 0.3) is 11.3 Å². The molecule has 1 saturated heterocycles. The van der Waals surface area contributed by atoms with Gasteiger partial charge in [-0.2, -0.15) is 0 Å². The number of halogens is 1. The molecule has 0 radical (unpaired) electrons. The van der Waals surface area contributed by atoms with E-state index in [0.29, 0.717) is 49.1 Å². The van der Waals surface area contributed by atoms with E-state index in [1.807, 2.05) is 25.3 Å². The van der Waals surface area contributed by atoms with Crippen molar-refractivity contribution in [2.45, 2.75) is 19.4 Å². The smallest absolute Gasteiger partial charge is 0.225 e. The number of nitrogens with zero attached hydrogens (tertiary/aromatic N) is 6. The van der Waals surface area contributed by atoms with Gasteiger partial charge in [-0.15, -0.1) is 0 Å². The van der Waals surface area contributed by atoms with Gasteiger partial charge >= 0.3 is 0 Å². The Balaban J connectivity index is 1.26. The van der Waals surface area contributed by atoms with Gasteiger partial charge in [0.25, 0.3) is 0 Å². The molecule has 1 atom stereocenters. The molecule has 0 spiro atoms. The lowest BCUT2D eigenvalue weighted by molar-refractivity contribution is 0.101. The molecule has 5 rings (SSSR count). The first-order chi connectivity index (χ1) is 17.8. The first-order valence-corrected chi connectivity index (χ1v) is 11.8. The number of anilines is 1. The Labute approximate surface area is 213 Å². The highest BCUT2D eigenvalue weighted by molar-refractivity contribution is 6.01. The summed E-state index contributed by atoms with van der Waals surface area (Å²) in [6, 6.07) is 9.55. The molecule has 11 heteroatoms. The van der Waals surface area contributed by atoms with Crippen molar-refractivity contribution in [1.29, 1.82) is 5.41 Å². The van der Waals surface area contributed by atoms with Gasteiger partial charge in [-0.05, 0) is 37.6 Å². The zero-order valence-electron chi connectivity index (χ0n) is 20.5. The SMILES string of the molecule is Cc1cc(-c2c[nH]c(/C(=N\C=N)N3CCN(c4ncc([C@](C)(O)c5ccc(F)cc5)cn4)CC3)c2)no1. The number of aryl methyl sites for hydroxylation is 1. The number of nitrogens with one attached hydrogen (secondary N) is 2. The maximum absolute atomic E-state index is 13.3. The van der Waals surface area contributed by atoms with Crippen LogP contribution in [0.1, 0.15) is 29.5 Å². The van der Waals surface area contributed by atoms with Crippen molar-refractivity contribution in [1.82, 2.24) is 25.0 Å². The molecule has 1 aromatic carbocycles. The minimum Gasteiger partial charge on any atom is -0.381 e. The standard InChI is InChI=1S/C26H27FN8O2/c1-17-11-22(33-37-17)18-12-23(29-13-18)24(32-16-28)34-7-9-35(10-8-34)25-30-14-20(15-31-25)26(2,36)19-3-5-21(27)6-4-19/h3-6,11-16,28-29,36H,7-10H2,1-2H3/b28-16?,32-24+/t26-/m1/s1. The molecular formula is C26H27FN8O2. The van der Waals surface area contributed by atoms with Crippen molar-refractivity contribution in [2.24, 2.45) is 4.99 Å². The highest BCUT2D eigenvalue weighted by atomic mass is 19.1. The summed E-state index contributed by atoms with van der Waals surface area (Å²) in [5.74, 6) is 1.61. The Kier molecular flexibility index (Phi) is 6.53. The number of aliphatic hydroxyl groups is 1. The predicted octanol–water partition coefficient (Wildman–Crippen LogP) is 3.34. The Morgan fingerprint density at radius 2 is 1.84 bits per heavy atom. The van der Waals surface area contributed by atoms with Crippen LogP contribution in [-0.2, 0) is 5.60 Å². The average molecular weight is 503 g/mol. The first kappa shape index (κ1) is 24.3. The topological polar surface area (TPSA) is 131 Å². The third kappa shape index (κ3) is 4.98. The van der Waals surface area contributed by atoms with Crippen LogP contribution in [0.15, 0.2) is 64.5 Å². The molecule has 10 nitrogen and oxygen atoms in total. The van der Waals surface area contributed by atoms with E-state index in [1.165, 1.54) is 12.1 Å². The molecule has 3 aromatic heterocycles. The van der Waals surface area contributed by atoms with E-state index >= 15 is 0 Å². The van der Waals surface area contributed by atoms with E-state index in [1.54, 1.807) is 31.5 Å². The van der Waals surface area contributed by atoms with Crippen LogP contribution < -0.4 is 4.90 Å². The van der Waals surface area contributed by atoms with Crippen molar-refractivity contribution >= 4 is 18.1 Å². The number of benzene rings is 1. The van der Waals surface area contributed by atoms with E-state index in [2.05, 4.69) is 34.9 Å². The van der Waals surface area contributed by atoms with Crippen LogP contribution in [0.2, 0.25) is 0 Å². The molecule has 4 aromatic rings. The van der Waals surface area contributed by atoms with Gasteiger partial charge in [0, 0.05) is 62.0 Å². The second-order valence-electron chi connectivity index (χ2n) is 9.03. The Hall–Kier alpha value is -4.38. The summed E-state index contributed by atoms with van der Waals surface area (Å²) in [6.07, 6.45) is 6.09. The number of hydrogen-bond acceptors (Lipinski definition) is 7. The highest BCUT2D eigenvalue weighted by Crippen LogP contribution is 2.29. The van der Waals surface area contributed by atoms with Crippen molar-refractivity contribution in [3.05, 3.63) is 83.4 Å². The monoisotopic (exact) mass is 502 g/mol. The van der Waals surface area contributed by atoms with Gasteiger partial charge in [-0.1, -0.05) is 17.3 Å². The molecule has 0 bridgehead atoms. The summed E-state index contributed by atoms with van der Waals surface area (Å²) in [4.78, 5) is 20.7. The fourth-order valence-electron chi connectivity index (χ4n) is 4.35. The van der Waals surface area contributed by atoms with E-state index in [0.717, 1.165) is 29.1 Å². The number of rotatable bonds is 6. The van der Waals surface area contributed by atoms with Crippen molar-refractivity contribution < 1.29 is 14.0 Å². The zero-order chi connectivity index (χ0) is 26.0. The quantitative estimate of drug-likeness (QED) is 0.272. The van der Waals surface area contributed by atoms with Gasteiger partial charge in [0.05, 0.1) is 5.69 Å². The van der Waals surface area contributed by atoms with Gasteiger partial charge < -0.3 is 24.4 Å². The van der Waals surface area contributed by atoms with Gasteiger partial charge in [0.15, 0.2) is 5.84 Å². The van der Waals surface area contributed by atoms with Gasteiger partial charge in [0.2, 0.25) is 5.95 Å². The maximum atomic E-state index is 13.3. The Morgan fingerprint density at radius 1 is 1.14 bits per heavy atom. The molecule has 0 unspecified atom stereocenters. The number of amidine groups is 1. The molecular weight excluding hydrogens is 475 g/mol. The summed E-state index contributed by atoms with van der Waals surface area (Å²) in [6.45, 7) is 6.10. The van der Waals surface area contributed by atoms with E-state index < -0.39 is 5.60 Å². The summed E-state index contributed by atoms with van der Waals surface area (Å²) in [5, 5.41) is 22.6. The van der Waals surface area contributed by atoms with E-state index in [9.17, 15) is 9.50 Å². The second kappa shape index (κ2) is 9.94. The van der Waals surface area contributed by atoms with Crippen molar-refractivity contribution in [3.63, 3.8) is 0 Å². The summed E-state index contributed by atoms with van der Waals surface area (Å²) < 4.78 is 18.5. The Bertz CT molecular complexity index is 1400. The number of aromatic amines is 1. The molecule has 1 aliphatic heterocycles. The number of H-pyrrole nitrogens is 1. The van der Waals surface area contributed by atoms with E-state index in [-0.39, 0.29) is 5.82 Å². The van der Waals surface area contributed by atoms with Crippen LogP contribution in [0.4, 0.5) is 10.3 Å². The number of piperazine rings is 1. The summed E-state index contributed by atoms with van der Waals surface area (Å²) >= 11 is 0. The third-order valence-electron chi connectivity index (χ3n) is 6.50. The summed E-state index contributed by atoms with van der Waals surface area (Å²) in [7, 11) is 0. The van der Waals surface area contributed by atoms with Crippen LogP contribution in [0.5, 0.6) is 0 Å². The molecule has 190 valence electrons. The van der Waals surface area contributed by atoms with Gasteiger partial charge in [0.1, 0.15) is 29.2 Å². The van der Waals surface area contributed by atoms with Gasteiger partial charge in [-0.25, -0.2) is 19.4 Å². The lowest BCUT2D eigenvalue weighted by Gasteiger charge is -2.36. The first-order valence-electron chi connectivity index (χ1n) is 11.8. The van der Waals surface area contributed by atoms with Crippen LogP contribution in [0, 0.1) is 18.2 Å². The molecule has 1 aliphatic rings. The predicted molar refractivity (Wildman–Crippen MR) is 137 cm³/mol. The Morgan fingerprint density at radius 3 is 2.46 bits per heavy atom.